The third kappa shape index (κ3) is 6.58. The number of hydrogen-bond acceptors (Lipinski definition) is 5. The molecule has 0 aliphatic carbocycles. The fourth-order valence-corrected chi connectivity index (χ4v) is 3.07. The molecule has 7 nitrogen and oxygen atoms in total. The molecule has 2 N–H and O–H groups in total. The minimum Gasteiger partial charge on any atom is -0.466 e. The summed E-state index contributed by atoms with van der Waals surface area (Å²) in [4.78, 5) is 37.6. The van der Waals surface area contributed by atoms with Crippen molar-refractivity contribution in [1.82, 2.24) is 4.90 Å². The molecule has 1 aromatic rings. The number of nitrogens with zero attached hydrogens (tertiary/aromatic N) is 1. The van der Waals surface area contributed by atoms with Crippen LogP contribution in [0.25, 0.3) is 0 Å². The lowest BCUT2D eigenvalue weighted by Gasteiger charge is -2.31. The number of likely N-dealkylation sites (tertiary alicyclic amines) is 1. The van der Waals surface area contributed by atoms with E-state index >= 15 is 0 Å². The summed E-state index contributed by atoms with van der Waals surface area (Å²) < 4.78 is 5.05. The zero-order chi connectivity index (χ0) is 19.6. The highest BCUT2D eigenvalue weighted by atomic mass is 16.5. The number of nitrogens with one attached hydrogen (secondary N) is 2. The van der Waals surface area contributed by atoms with E-state index in [9.17, 15) is 14.4 Å². The van der Waals surface area contributed by atoms with E-state index in [1.165, 1.54) is 0 Å². The molecule has 1 fully saturated rings. The lowest BCUT2D eigenvalue weighted by molar-refractivity contribution is -0.151. The molecule has 1 saturated heterocycles. The van der Waals surface area contributed by atoms with Crippen molar-refractivity contribution in [3.8, 4) is 0 Å². The summed E-state index contributed by atoms with van der Waals surface area (Å²) in [6.45, 7) is 5.45. The van der Waals surface area contributed by atoms with Crippen molar-refractivity contribution >= 4 is 29.2 Å². The van der Waals surface area contributed by atoms with Crippen molar-refractivity contribution in [2.45, 2.75) is 39.5 Å². The first-order valence-corrected chi connectivity index (χ1v) is 9.61. The Morgan fingerprint density at radius 1 is 1.15 bits per heavy atom. The second kappa shape index (κ2) is 10.5. The smallest absolute Gasteiger partial charge is 0.309 e. The number of ether oxygens (including phenoxy) is 1. The average Bonchev–Trinajstić information content (AvgIpc) is 2.67. The van der Waals surface area contributed by atoms with Crippen molar-refractivity contribution in [2.75, 3.05) is 36.9 Å². The first-order valence-electron chi connectivity index (χ1n) is 9.61. The summed E-state index contributed by atoms with van der Waals surface area (Å²) in [5.41, 5.74) is 1.49. The molecule has 0 radical (unpaired) electrons. The molecule has 1 aliphatic heterocycles. The number of piperidine rings is 1. The Bertz CT molecular complexity index is 654. The van der Waals surface area contributed by atoms with Gasteiger partial charge in [0, 0.05) is 30.9 Å². The van der Waals surface area contributed by atoms with Crippen LogP contribution in [-0.4, -0.2) is 48.9 Å². The van der Waals surface area contributed by atoms with Crippen molar-refractivity contribution in [3.63, 3.8) is 0 Å². The zero-order valence-corrected chi connectivity index (χ0v) is 16.1. The number of benzene rings is 1. The lowest BCUT2D eigenvalue weighted by atomic mass is 9.97. The summed E-state index contributed by atoms with van der Waals surface area (Å²) in [7, 11) is 0. The van der Waals surface area contributed by atoms with Crippen LogP contribution in [0.2, 0.25) is 0 Å². The molecule has 1 aromatic carbocycles. The molecule has 27 heavy (non-hydrogen) atoms. The predicted molar refractivity (Wildman–Crippen MR) is 104 cm³/mol. The van der Waals surface area contributed by atoms with Crippen LogP contribution < -0.4 is 10.6 Å². The Kier molecular flexibility index (Phi) is 8.10. The van der Waals surface area contributed by atoms with Crippen molar-refractivity contribution < 1.29 is 19.1 Å². The van der Waals surface area contributed by atoms with Gasteiger partial charge in [-0.05, 0) is 44.4 Å². The third-order valence-corrected chi connectivity index (χ3v) is 4.53. The van der Waals surface area contributed by atoms with E-state index in [2.05, 4.69) is 10.6 Å². The molecule has 2 amide bonds. The molecule has 0 saturated carbocycles. The first-order chi connectivity index (χ1) is 13.0. The summed E-state index contributed by atoms with van der Waals surface area (Å²) in [5, 5.41) is 5.95. The quantitative estimate of drug-likeness (QED) is 0.682. The molecule has 7 heteroatoms. The fourth-order valence-electron chi connectivity index (χ4n) is 3.07. The number of amides is 2. The molecule has 1 heterocycles. The summed E-state index contributed by atoms with van der Waals surface area (Å²) in [6, 6.07) is 7.32. The van der Waals surface area contributed by atoms with Crippen molar-refractivity contribution in [2.24, 2.45) is 5.92 Å². The van der Waals surface area contributed by atoms with Gasteiger partial charge in [-0.25, -0.2) is 0 Å². The van der Waals surface area contributed by atoms with E-state index in [-0.39, 0.29) is 30.2 Å². The summed E-state index contributed by atoms with van der Waals surface area (Å²) in [5.74, 6) is -0.289. The van der Waals surface area contributed by atoms with Gasteiger partial charge in [-0.3, -0.25) is 14.4 Å². The van der Waals surface area contributed by atoms with Crippen LogP contribution in [-0.2, 0) is 19.1 Å². The van der Waals surface area contributed by atoms with E-state index in [4.69, 9.17) is 4.74 Å². The van der Waals surface area contributed by atoms with Gasteiger partial charge in [-0.2, -0.15) is 0 Å². The maximum atomic E-state index is 12.4. The van der Waals surface area contributed by atoms with Gasteiger partial charge >= 0.3 is 5.97 Å². The van der Waals surface area contributed by atoms with Gasteiger partial charge in [0.2, 0.25) is 11.8 Å². The molecular formula is C20H29N3O4. The van der Waals surface area contributed by atoms with Crippen LogP contribution >= 0.6 is 0 Å². The largest absolute Gasteiger partial charge is 0.466 e. The number of hydrogen-bond donors (Lipinski definition) is 2. The highest BCUT2D eigenvalue weighted by Crippen LogP contribution is 2.19. The standard InChI is InChI=1S/C20H29N3O4/c1-3-6-18(24)22-17-8-5-7-16(13-17)21-14-19(25)23-11-9-15(10-12-23)20(26)27-4-2/h5,7-8,13,15,21H,3-4,6,9-12,14H2,1-2H3,(H,22,24). The third-order valence-electron chi connectivity index (χ3n) is 4.53. The predicted octanol–water partition coefficient (Wildman–Crippen LogP) is 2.64. The van der Waals surface area contributed by atoms with Crippen LogP contribution in [0.4, 0.5) is 11.4 Å². The first kappa shape index (κ1) is 20.7. The molecule has 0 aromatic heterocycles. The number of carbonyl (C=O) groups is 3. The van der Waals surface area contributed by atoms with Gasteiger partial charge in [0.05, 0.1) is 19.1 Å². The normalized spacial score (nSPS) is 14.5. The van der Waals surface area contributed by atoms with Gasteiger partial charge in [-0.15, -0.1) is 0 Å². The van der Waals surface area contributed by atoms with Crippen LogP contribution in [0.3, 0.4) is 0 Å². The Morgan fingerprint density at radius 2 is 1.85 bits per heavy atom. The Morgan fingerprint density at radius 3 is 2.52 bits per heavy atom. The van der Waals surface area contributed by atoms with Gasteiger partial charge in [0.15, 0.2) is 0 Å². The van der Waals surface area contributed by atoms with Crippen LogP contribution in [0, 0.1) is 5.92 Å². The van der Waals surface area contributed by atoms with Gasteiger partial charge in [-0.1, -0.05) is 13.0 Å². The molecule has 0 unspecified atom stereocenters. The minimum absolute atomic E-state index is 0.00210. The summed E-state index contributed by atoms with van der Waals surface area (Å²) >= 11 is 0. The lowest BCUT2D eigenvalue weighted by Crippen LogP contribution is -2.43. The maximum absolute atomic E-state index is 12.4. The van der Waals surface area contributed by atoms with E-state index in [1.807, 2.05) is 31.2 Å². The van der Waals surface area contributed by atoms with Crippen LogP contribution in [0.15, 0.2) is 24.3 Å². The van der Waals surface area contributed by atoms with Gasteiger partial charge in [0.1, 0.15) is 0 Å². The number of rotatable bonds is 8. The molecule has 0 spiro atoms. The second-order valence-corrected chi connectivity index (χ2v) is 6.64. The van der Waals surface area contributed by atoms with Gasteiger partial charge < -0.3 is 20.3 Å². The molecule has 2 rings (SSSR count). The number of esters is 1. The number of carbonyl (C=O) groups excluding carboxylic acids is 3. The van der Waals surface area contributed by atoms with Crippen molar-refractivity contribution in [1.29, 1.82) is 0 Å². The highest BCUT2D eigenvalue weighted by Gasteiger charge is 2.27. The topological polar surface area (TPSA) is 87.7 Å². The van der Waals surface area contributed by atoms with E-state index in [1.54, 1.807) is 11.8 Å². The zero-order valence-electron chi connectivity index (χ0n) is 16.1. The molecule has 0 atom stereocenters. The average molecular weight is 375 g/mol. The molecule has 148 valence electrons. The molecule has 1 aliphatic rings. The SMILES string of the molecule is CCCC(=O)Nc1cccc(NCC(=O)N2CCC(C(=O)OCC)CC2)c1. The van der Waals surface area contributed by atoms with Crippen LogP contribution in [0.1, 0.15) is 39.5 Å². The molecule has 0 bridgehead atoms. The van der Waals surface area contributed by atoms with Crippen LogP contribution in [0.5, 0.6) is 0 Å². The fraction of sp³-hybridized carbons (Fsp3) is 0.550. The summed E-state index contributed by atoms with van der Waals surface area (Å²) in [6.07, 6.45) is 2.57. The molecular weight excluding hydrogens is 346 g/mol. The van der Waals surface area contributed by atoms with Gasteiger partial charge in [0.25, 0.3) is 0 Å². The minimum atomic E-state index is -0.162. The van der Waals surface area contributed by atoms with E-state index in [0.717, 1.165) is 12.1 Å². The highest BCUT2D eigenvalue weighted by molar-refractivity contribution is 5.91. The van der Waals surface area contributed by atoms with Crippen molar-refractivity contribution in [3.05, 3.63) is 24.3 Å². The second-order valence-electron chi connectivity index (χ2n) is 6.64. The number of anilines is 2. The Hall–Kier alpha value is -2.57. The maximum Gasteiger partial charge on any atom is 0.309 e. The monoisotopic (exact) mass is 375 g/mol. The Balaban J connectivity index is 1.79. The Labute approximate surface area is 160 Å². The van der Waals surface area contributed by atoms with E-state index < -0.39 is 0 Å². The van der Waals surface area contributed by atoms with E-state index in [0.29, 0.717) is 44.6 Å².